The molecule has 2 amide bonds. The summed E-state index contributed by atoms with van der Waals surface area (Å²) in [5.41, 5.74) is 3.61. The lowest BCUT2D eigenvalue weighted by atomic mass is 9.88. The highest BCUT2D eigenvalue weighted by Gasteiger charge is 2.36. The number of rotatable bonds is 11. The lowest BCUT2D eigenvalue weighted by Gasteiger charge is -2.26. The predicted molar refractivity (Wildman–Crippen MR) is 170 cm³/mol. The van der Waals surface area contributed by atoms with E-state index in [-0.39, 0.29) is 11.9 Å². The first-order chi connectivity index (χ1) is 19.2. The molecule has 1 atom stereocenters. The number of nitrogens with zero attached hydrogens (tertiary/aromatic N) is 2. The number of hydrogen-bond acceptors (Lipinski definition) is 6. The Bertz CT molecular complexity index is 1370. The first kappa shape index (κ1) is 30.3. The van der Waals surface area contributed by atoms with Gasteiger partial charge in [0, 0.05) is 36.2 Å². The zero-order valence-corrected chi connectivity index (χ0v) is 25.6. The SMILES string of the molecule is CSCCN(CCC(c1ccccc1)c1ccccc1)C(=O)NC1=N[C@](Cl)(c2ccc(NS(C)(=O)=O)cc2)CS1. The summed E-state index contributed by atoms with van der Waals surface area (Å²) in [6.07, 6.45) is 3.91. The van der Waals surface area contributed by atoms with Crippen molar-refractivity contribution >= 4 is 62.0 Å². The molecule has 3 aromatic carbocycles. The Kier molecular flexibility index (Phi) is 10.5. The van der Waals surface area contributed by atoms with Crippen molar-refractivity contribution in [3.8, 4) is 0 Å². The molecule has 1 aliphatic heterocycles. The number of halogens is 1. The zero-order valence-electron chi connectivity index (χ0n) is 22.4. The average molecular weight is 617 g/mol. The van der Waals surface area contributed by atoms with Crippen LogP contribution in [0.5, 0.6) is 0 Å². The van der Waals surface area contributed by atoms with Gasteiger partial charge in [-0.05, 0) is 41.5 Å². The van der Waals surface area contributed by atoms with Crippen LogP contribution in [0.15, 0.2) is 89.9 Å². The number of amidine groups is 1. The third kappa shape index (κ3) is 8.42. The molecule has 1 aliphatic rings. The van der Waals surface area contributed by atoms with Gasteiger partial charge in [0.05, 0.1) is 6.26 Å². The van der Waals surface area contributed by atoms with E-state index in [9.17, 15) is 13.2 Å². The number of carbonyl (C=O) groups excluding carboxylic acids is 1. The Hall–Kier alpha value is -2.66. The summed E-state index contributed by atoms with van der Waals surface area (Å²) >= 11 is 9.93. The lowest BCUT2D eigenvalue weighted by molar-refractivity contribution is 0.205. The quantitative estimate of drug-likeness (QED) is 0.199. The molecule has 11 heteroatoms. The van der Waals surface area contributed by atoms with Gasteiger partial charge in [-0.1, -0.05) is 96.2 Å². The molecule has 0 aliphatic carbocycles. The van der Waals surface area contributed by atoms with Crippen LogP contribution in [0.2, 0.25) is 0 Å². The highest BCUT2D eigenvalue weighted by molar-refractivity contribution is 8.14. The molecule has 0 spiro atoms. The maximum Gasteiger partial charge on any atom is 0.323 e. The minimum Gasteiger partial charge on any atom is -0.324 e. The van der Waals surface area contributed by atoms with E-state index in [1.165, 1.54) is 22.9 Å². The van der Waals surface area contributed by atoms with E-state index in [2.05, 4.69) is 39.3 Å². The minimum atomic E-state index is -3.37. The molecule has 0 radical (unpaired) electrons. The van der Waals surface area contributed by atoms with Gasteiger partial charge in [0.2, 0.25) is 10.0 Å². The molecule has 0 saturated heterocycles. The van der Waals surface area contributed by atoms with Gasteiger partial charge in [0.25, 0.3) is 0 Å². The average Bonchev–Trinajstić information content (AvgIpc) is 3.32. The summed E-state index contributed by atoms with van der Waals surface area (Å²) in [5, 5.41) is 3.44. The van der Waals surface area contributed by atoms with Gasteiger partial charge < -0.3 is 4.90 Å². The van der Waals surface area contributed by atoms with E-state index in [1.54, 1.807) is 36.0 Å². The molecule has 3 aromatic rings. The van der Waals surface area contributed by atoms with Gasteiger partial charge in [0.15, 0.2) is 10.2 Å². The van der Waals surface area contributed by atoms with Crippen molar-refractivity contribution < 1.29 is 13.2 Å². The number of thioether (sulfide) groups is 2. The van der Waals surface area contributed by atoms with Gasteiger partial charge in [-0.25, -0.2) is 18.2 Å². The number of aliphatic imine (C=N–C) groups is 1. The van der Waals surface area contributed by atoms with Crippen LogP contribution in [-0.4, -0.2) is 61.6 Å². The van der Waals surface area contributed by atoms with Crippen LogP contribution in [0, 0.1) is 0 Å². The molecule has 2 N–H and O–H groups in total. The number of nitrogens with one attached hydrogen (secondary N) is 2. The Labute approximate surface area is 250 Å². The largest absolute Gasteiger partial charge is 0.324 e. The lowest BCUT2D eigenvalue weighted by Crippen LogP contribution is -2.43. The highest BCUT2D eigenvalue weighted by Crippen LogP contribution is 2.40. The molecular formula is C29H33ClN4O3S3. The normalized spacial score (nSPS) is 16.9. The van der Waals surface area contributed by atoms with Crippen LogP contribution >= 0.6 is 35.1 Å². The molecule has 0 bridgehead atoms. The van der Waals surface area contributed by atoms with E-state index in [4.69, 9.17) is 11.6 Å². The van der Waals surface area contributed by atoms with Crippen LogP contribution in [0.3, 0.4) is 0 Å². The van der Waals surface area contributed by atoms with Crippen LogP contribution in [0.25, 0.3) is 0 Å². The monoisotopic (exact) mass is 616 g/mol. The van der Waals surface area contributed by atoms with E-state index in [1.807, 2.05) is 47.6 Å². The van der Waals surface area contributed by atoms with Crippen molar-refractivity contribution in [3.05, 3.63) is 102 Å². The first-order valence-corrected chi connectivity index (χ1v) is 17.5. The molecule has 0 unspecified atom stereocenters. The third-order valence-electron chi connectivity index (χ3n) is 6.47. The van der Waals surface area contributed by atoms with Gasteiger partial charge in [-0.3, -0.25) is 10.0 Å². The van der Waals surface area contributed by atoms with E-state index < -0.39 is 15.0 Å². The second kappa shape index (κ2) is 13.8. The molecule has 40 heavy (non-hydrogen) atoms. The van der Waals surface area contributed by atoms with Gasteiger partial charge in [-0.15, -0.1) is 0 Å². The fourth-order valence-corrected chi connectivity index (χ4v) is 6.81. The summed E-state index contributed by atoms with van der Waals surface area (Å²) in [6.45, 7) is 1.20. The van der Waals surface area contributed by atoms with E-state index >= 15 is 0 Å². The van der Waals surface area contributed by atoms with Gasteiger partial charge in [-0.2, -0.15) is 11.8 Å². The Morgan fingerprint density at radius 3 is 2.17 bits per heavy atom. The van der Waals surface area contributed by atoms with E-state index in [0.717, 1.165) is 24.0 Å². The fourth-order valence-electron chi connectivity index (χ4n) is 4.48. The second-order valence-electron chi connectivity index (χ2n) is 9.49. The number of carbonyl (C=O) groups is 1. The molecular weight excluding hydrogens is 584 g/mol. The van der Waals surface area contributed by atoms with Crippen molar-refractivity contribution in [1.82, 2.24) is 10.2 Å². The zero-order chi connectivity index (χ0) is 28.6. The number of urea groups is 1. The summed E-state index contributed by atoms with van der Waals surface area (Å²) < 4.78 is 25.4. The Morgan fingerprint density at radius 2 is 1.62 bits per heavy atom. The highest BCUT2D eigenvalue weighted by atomic mass is 35.5. The van der Waals surface area contributed by atoms with Crippen LogP contribution in [0.4, 0.5) is 10.5 Å². The summed E-state index contributed by atoms with van der Waals surface area (Å²) in [5.74, 6) is 1.43. The van der Waals surface area contributed by atoms with Crippen molar-refractivity contribution in [2.24, 2.45) is 4.99 Å². The number of sulfonamides is 1. The molecule has 4 rings (SSSR count). The smallest absolute Gasteiger partial charge is 0.323 e. The molecule has 0 aromatic heterocycles. The first-order valence-electron chi connectivity index (χ1n) is 12.8. The summed E-state index contributed by atoms with van der Waals surface area (Å²) in [4.78, 5) is 18.8. The van der Waals surface area contributed by atoms with Crippen molar-refractivity contribution in [2.75, 3.05) is 41.8 Å². The number of hydrogen-bond donors (Lipinski definition) is 2. The van der Waals surface area contributed by atoms with Crippen LogP contribution < -0.4 is 10.0 Å². The third-order valence-corrected chi connectivity index (χ3v) is 9.29. The number of amides is 2. The second-order valence-corrected chi connectivity index (χ2v) is 13.8. The van der Waals surface area contributed by atoms with Crippen LogP contribution in [-0.2, 0) is 15.0 Å². The number of anilines is 1. The maximum atomic E-state index is 13.4. The molecule has 0 saturated carbocycles. The molecule has 1 heterocycles. The number of alkyl halides is 1. The van der Waals surface area contributed by atoms with Gasteiger partial charge >= 0.3 is 6.03 Å². The summed E-state index contributed by atoms with van der Waals surface area (Å²) in [6, 6.07) is 27.4. The fraction of sp³-hybridized carbons (Fsp3) is 0.310. The standard InChI is InChI=1S/C29H33ClN4O3S3/c1-38-20-19-34(18-17-26(22-9-5-3-6-10-22)23-11-7-4-8-12-23)28(35)31-27-32-29(30,21-39-27)24-13-15-25(16-14-24)33-40(2,36)37/h3-16,26,33H,17-21H2,1-2H3,(H,31,32,35)/t29-/m0/s1. The molecule has 212 valence electrons. The summed E-state index contributed by atoms with van der Waals surface area (Å²) in [7, 11) is -3.37. The van der Waals surface area contributed by atoms with E-state index in [0.29, 0.717) is 29.7 Å². The Balaban J connectivity index is 1.45. The Morgan fingerprint density at radius 1 is 1.02 bits per heavy atom. The van der Waals surface area contributed by atoms with Crippen molar-refractivity contribution in [1.29, 1.82) is 0 Å². The maximum absolute atomic E-state index is 13.4. The number of benzene rings is 3. The molecule has 7 nitrogen and oxygen atoms in total. The minimum absolute atomic E-state index is 0.167. The van der Waals surface area contributed by atoms with Gasteiger partial charge in [0.1, 0.15) is 0 Å². The van der Waals surface area contributed by atoms with Crippen LogP contribution in [0.1, 0.15) is 29.0 Å². The topological polar surface area (TPSA) is 90.9 Å². The van der Waals surface area contributed by atoms with Crippen molar-refractivity contribution in [3.63, 3.8) is 0 Å². The predicted octanol–water partition coefficient (Wildman–Crippen LogP) is 6.15. The van der Waals surface area contributed by atoms with Crippen molar-refractivity contribution in [2.45, 2.75) is 17.3 Å². The molecule has 0 fully saturated rings.